The number of carbonyl (C=O) groups excluding carboxylic acids is 7. The summed E-state index contributed by atoms with van der Waals surface area (Å²) in [6, 6.07) is 13.6. The number of nitrogens with zero attached hydrogens (tertiary/aromatic N) is 1. The lowest BCUT2D eigenvalue weighted by Gasteiger charge is -2.19. The molecule has 0 aliphatic carbocycles. The number of nitrogens with one attached hydrogen (secondary N) is 5. The third-order valence-corrected chi connectivity index (χ3v) is 5.80. The fourth-order valence-electron chi connectivity index (χ4n) is 3.76. The maximum atomic E-state index is 12.7. The molecule has 1 atom stereocenters. The standard InChI is InChI=1S/C28H30N6O8/c1-42-17-32-23(36)15-31-28(41)21(12-18-6-3-2-4-7-18)33-24(37)16-29-22(35)14-30-27(40)19-8-5-9-20(13-19)34-25(38)10-11-26(34)39/h2-11,13,21H,12,14-17H2,1H3,(H,29,35)(H,30,40)(H,31,41)(H,32,36)(H,33,37). The van der Waals surface area contributed by atoms with Gasteiger partial charge in [0, 0.05) is 31.2 Å². The van der Waals surface area contributed by atoms with E-state index in [1.807, 2.05) is 0 Å². The minimum atomic E-state index is -1.04. The molecular formula is C28H30N6O8. The van der Waals surface area contributed by atoms with E-state index in [4.69, 9.17) is 4.74 Å². The molecule has 2 aromatic carbocycles. The molecule has 5 N–H and O–H groups in total. The molecule has 7 amide bonds. The molecule has 0 fully saturated rings. The van der Waals surface area contributed by atoms with Crippen LogP contribution in [-0.2, 0) is 39.9 Å². The average Bonchev–Trinajstić information content (AvgIpc) is 3.33. The third-order valence-electron chi connectivity index (χ3n) is 5.80. The molecule has 0 spiro atoms. The van der Waals surface area contributed by atoms with Crippen molar-refractivity contribution < 1.29 is 38.3 Å². The second-order valence-corrected chi connectivity index (χ2v) is 8.92. The third kappa shape index (κ3) is 9.38. The number of ether oxygens (including phenoxy) is 1. The van der Waals surface area contributed by atoms with Crippen molar-refractivity contribution >= 4 is 47.0 Å². The Morgan fingerprint density at radius 3 is 2.10 bits per heavy atom. The van der Waals surface area contributed by atoms with Gasteiger partial charge in [0.1, 0.15) is 12.8 Å². The maximum Gasteiger partial charge on any atom is 0.258 e. The topological polar surface area (TPSA) is 192 Å². The number of imide groups is 1. The number of hydrogen-bond donors (Lipinski definition) is 5. The van der Waals surface area contributed by atoms with Gasteiger partial charge < -0.3 is 31.3 Å². The average molecular weight is 579 g/mol. The predicted octanol–water partition coefficient (Wildman–Crippen LogP) is -1.47. The van der Waals surface area contributed by atoms with Crippen molar-refractivity contribution in [2.75, 3.05) is 38.4 Å². The first-order chi connectivity index (χ1) is 20.2. The first kappa shape index (κ1) is 31.2. The highest BCUT2D eigenvalue weighted by Crippen LogP contribution is 2.20. The van der Waals surface area contributed by atoms with Crippen LogP contribution in [0.4, 0.5) is 5.69 Å². The molecule has 1 unspecified atom stereocenters. The zero-order valence-electron chi connectivity index (χ0n) is 22.7. The second-order valence-electron chi connectivity index (χ2n) is 8.92. The smallest absolute Gasteiger partial charge is 0.258 e. The van der Waals surface area contributed by atoms with Gasteiger partial charge in [-0.2, -0.15) is 0 Å². The number of methoxy groups -OCH3 is 1. The lowest BCUT2D eigenvalue weighted by molar-refractivity contribution is -0.131. The number of anilines is 1. The molecule has 2 aromatic rings. The molecule has 0 radical (unpaired) electrons. The number of hydrogen-bond acceptors (Lipinski definition) is 8. The second kappa shape index (κ2) is 15.4. The van der Waals surface area contributed by atoms with E-state index in [1.165, 1.54) is 31.4 Å². The molecular weight excluding hydrogens is 548 g/mol. The summed E-state index contributed by atoms with van der Waals surface area (Å²) in [5.74, 6) is -4.14. The zero-order chi connectivity index (χ0) is 30.5. The number of rotatable bonds is 14. The van der Waals surface area contributed by atoms with Gasteiger partial charge >= 0.3 is 0 Å². The fourth-order valence-corrected chi connectivity index (χ4v) is 3.76. The van der Waals surface area contributed by atoms with Crippen molar-refractivity contribution in [1.29, 1.82) is 0 Å². The van der Waals surface area contributed by atoms with Crippen LogP contribution in [0.15, 0.2) is 66.7 Å². The van der Waals surface area contributed by atoms with E-state index >= 15 is 0 Å². The highest BCUT2D eigenvalue weighted by Gasteiger charge is 2.26. The van der Waals surface area contributed by atoms with E-state index in [0.29, 0.717) is 0 Å². The van der Waals surface area contributed by atoms with Crippen molar-refractivity contribution in [2.24, 2.45) is 0 Å². The molecule has 0 saturated carbocycles. The van der Waals surface area contributed by atoms with Crippen LogP contribution in [0.2, 0.25) is 0 Å². The quantitative estimate of drug-likeness (QED) is 0.132. The van der Waals surface area contributed by atoms with Crippen LogP contribution in [0, 0.1) is 0 Å². The summed E-state index contributed by atoms with van der Waals surface area (Å²) >= 11 is 0. The Morgan fingerprint density at radius 2 is 1.40 bits per heavy atom. The van der Waals surface area contributed by atoms with Crippen molar-refractivity contribution in [1.82, 2.24) is 26.6 Å². The molecule has 14 nitrogen and oxygen atoms in total. The van der Waals surface area contributed by atoms with Crippen LogP contribution in [0.3, 0.4) is 0 Å². The van der Waals surface area contributed by atoms with Crippen LogP contribution in [0.5, 0.6) is 0 Å². The summed E-state index contributed by atoms with van der Waals surface area (Å²) in [4.78, 5) is 86.6. The first-order valence-electron chi connectivity index (χ1n) is 12.8. The van der Waals surface area contributed by atoms with Crippen LogP contribution >= 0.6 is 0 Å². The summed E-state index contributed by atoms with van der Waals surface area (Å²) in [5, 5.41) is 12.2. The minimum absolute atomic E-state index is 0.0241. The first-order valence-corrected chi connectivity index (χ1v) is 12.8. The Balaban J connectivity index is 1.49. The summed E-state index contributed by atoms with van der Waals surface area (Å²) in [5.41, 5.74) is 1.07. The number of benzene rings is 2. The molecule has 0 bridgehead atoms. The van der Waals surface area contributed by atoms with Crippen LogP contribution in [0.25, 0.3) is 0 Å². The Bertz CT molecular complexity index is 1360. The van der Waals surface area contributed by atoms with Gasteiger partial charge in [-0.25, -0.2) is 4.90 Å². The van der Waals surface area contributed by atoms with Gasteiger partial charge in [0.25, 0.3) is 17.7 Å². The van der Waals surface area contributed by atoms with Crippen molar-refractivity contribution in [3.05, 3.63) is 77.9 Å². The molecule has 220 valence electrons. The number of amides is 7. The molecule has 0 aromatic heterocycles. The maximum absolute atomic E-state index is 12.7. The van der Waals surface area contributed by atoms with E-state index in [-0.39, 0.29) is 30.9 Å². The Labute approximate surface area is 240 Å². The SMILES string of the molecule is COCNC(=O)CNC(=O)C(Cc1ccccc1)NC(=O)CNC(=O)CNC(=O)c1cccc(N2C(=O)C=CC2=O)c1. The summed E-state index contributed by atoms with van der Waals surface area (Å²) in [6.07, 6.45) is 2.37. The van der Waals surface area contributed by atoms with Crippen molar-refractivity contribution in [3.63, 3.8) is 0 Å². The van der Waals surface area contributed by atoms with Crippen molar-refractivity contribution in [3.8, 4) is 0 Å². The van der Waals surface area contributed by atoms with Gasteiger partial charge in [-0.05, 0) is 23.8 Å². The van der Waals surface area contributed by atoms with E-state index in [1.54, 1.807) is 30.3 Å². The zero-order valence-corrected chi connectivity index (χ0v) is 22.7. The lowest BCUT2D eigenvalue weighted by Crippen LogP contribution is -2.52. The Morgan fingerprint density at radius 1 is 0.762 bits per heavy atom. The molecule has 1 aliphatic heterocycles. The summed E-state index contributed by atoms with van der Waals surface area (Å²) < 4.78 is 4.74. The lowest BCUT2D eigenvalue weighted by atomic mass is 10.1. The molecule has 1 heterocycles. The van der Waals surface area contributed by atoms with Crippen LogP contribution in [0.1, 0.15) is 15.9 Å². The van der Waals surface area contributed by atoms with Crippen molar-refractivity contribution in [2.45, 2.75) is 12.5 Å². The highest BCUT2D eigenvalue weighted by atomic mass is 16.5. The molecule has 14 heteroatoms. The fraction of sp³-hybridized carbons (Fsp3) is 0.250. The summed E-state index contributed by atoms with van der Waals surface area (Å²) in [7, 11) is 1.40. The molecule has 1 aliphatic rings. The Hall–Kier alpha value is -5.37. The van der Waals surface area contributed by atoms with Gasteiger partial charge in [0.05, 0.1) is 25.3 Å². The minimum Gasteiger partial charge on any atom is -0.364 e. The molecule has 0 saturated heterocycles. The van der Waals surface area contributed by atoms with Crippen LogP contribution in [-0.4, -0.2) is 80.9 Å². The molecule has 3 rings (SSSR count). The van der Waals surface area contributed by atoms with E-state index in [2.05, 4.69) is 26.6 Å². The van der Waals surface area contributed by atoms with Gasteiger partial charge in [-0.15, -0.1) is 0 Å². The normalized spacial score (nSPS) is 12.8. The van der Waals surface area contributed by atoms with Gasteiger partial charge in [0.15, 0.2) is 0 Å². The summed E-state index contributed by atoms with van der Waals surface area (Å²) in [6.45, 7) is -1.30. The van der Waals surface area contributed by atoms with Gasteiger partial charge in [-0.3, -0.25) is 33.6 Å². The van der Waals surface area contributed by atoms with E-state index < -0.39 is 60.5 Å². The van der Waals surface area contributed by atoms with Crippen LogP contribution < -0.4 is 31.5 Å². The largest absolute Gasteiger partial charge is 0.364 e. The monoisotopic (exact) mass is 578 g/mol. The van der Waals surface area contributed by atoms with Gasteiger partial charge in [-0.1, -0.05) is 36.4 Å². The van der Waals surface area contributed by atoms with E-state index in [9.17, 15) is 33.6 Å². The van der Waals surface area contributed by atoms with Gasteiger partial charge in [0.2, 0.25) is 23.6 Å². The Kier molecular flexibility index (Phi) is 11.4. The highest BCUT2D eigenvalue weighted by molar-refractivity contribution is 6.28. The predicted molar refractivity (Wildman–Crippen MR) is 149 cm³/mol. The van der Waals surface area contributed by atoms with E-state index in [0.717, 1.165) is 22.6 Å². The number of carbonyl (C=O) groups is 7. The molecule has 42 heavy (non-hydrogen) atoms.